The molecular weight excluding hydrogens is 263 g/mol. The van der Waals surface area contributed by atoms with E-state index in [2.05, 4.69) is 6.92 Å². The summed E-state index contributed by atoms with van der Waals surface area (Å²) < 4.78 is 13.0. The zero-order valence-electron chi connectivity index (χ0n) is 13.9. The van der Waals surface area contributed by atoms with Gasteiger partial charge in [0.25, 0.3) is 0 Å². The molecule has 0 heterocycles. The van der Waals surface area contributed by atoms with Crippen molar-refractivity contribution in [2.24, 2.45) is 0 Å². The first-order valence-electron chi connectivity index (χ1n) is 8.42. The third kappa shape index (κ3) is 6.17. The van der Waals surface area contributed by atoms with Gasteiger partial charge in [-0.1, -0.05) is 77.8 Å². The maximum absolute atomic E-state index is 13.0. The van der Waals surface area contributed by atoms with Crippen LogP contribution in [0.15, 0.2) is 24.3 Å². The van der Waals surface area contributed by atoms with Gasteiger partial charge >= 0.3 is 0 Å². The molecule has 21 heavy (non-hydrogen) atoms. The van der Waals surface area contributed by atoms with Crippen molar-refractivity contribution in [2.75, 3.05) is 0 Å². The summed E-state index contributed by atoms with van der Waals surface area (Å²) in [5, 5.41) is 10.4. The fraction of sp³-hybridized carbons (Fsp3) is 0.684. The van der Waals surface area contributed by atoms with Crippen LogP contribution in [0.2, 0.25) is 0 Å². The number of hydrogen-bond donors (Lipinski definition) is 1. The molecule has 0 fully saturated rings. The Morgan fingerprint density at radius 1 is 0.952 bits per heavy atom. The molecule has 0 saturated carbocycles. The van der Waals surface area contributed by atoms with Crippen LogP contribution >= 0.6 is 0 Å². The van der Waals surface area contributed by atoms with E-state index < -0.39 is 0 Å². The maximum Gasteiger partial charge on any atom is 0.123 e. The number of aliphatic hydroxyl groups is 1. The molecule has 0 amide bonds. The van der Waals surface area contributed by atoms with Gasteiger partial charge < -0.3 is 5.11 Å². The maximum atomic E-state index is 13.0. The van der Waals surface area contributed by atoms with Crippen LogP contribution in [0.3, 0.4) is 0 Å². The van der Waals surface area contributed by atoms with Crippen LogP contribution in [-0.2, 0) is 5.41 Å². The van der Waals surface area contributed by atoms with E-state index in [9.17, 15) is 9.50 Å². The van der Waals surface area contributed by atoms with Crippen molar-refractivity contribution in [3.05, 3.63) is 35.6 Å². The molecule has 1 N–H and O–H groups in total. The standard InChI is InChI=1S/C19H31FO/c1-4-5-6-7-8-9-10-11-18(21)19(2,3)16-12-14-17(20)15-13-16/h12-15,18,21H,4-11H2,1-3H3. The molecule has 0 spiro atoms. The Morgan fingerprint density at radius 3 is 2.05 bits per heavy atom. The van der Waals surface area contributed by atoms with Gasteiger partial charge in [0.05, 0.1) is 6.10 Å². The molecule has 1 nitrogen and oxygen atoms in total. The van der Waals surface area contributed by atoms with E-state index in [0.29, 0.717) is 0 Å². The first-order valence-corrected chi connectivity index (χ1v) is 8.42. The molecule has 0 radical (unpaired) electrons. The van der Waals surface area contributed by atoms with E-state index in [1.807, 2.05) is 13.8 Å². The summed E-state index contributed by atoms with van der Waals surface area (Å²) >= 11 is 0. The van der Waals surface area contributed by atoms with E-state index in [-0.39, 0.29) is 17.3 Å². The highest BCUT2D eigenvalue weighted by molar-refractivity contribution is 5.25. The SMILES string of the molecule is CCCCCCCCCC(O)C(C)(C)c1ccc(F)cc1. The monoisotopic (exact) mass is 294 g/mol. The second-order valence-corrected chi connectivity index (χ2v) is 6.65. The Balaban J connectivity index is 2.33. The van der Waals surface area contributed by atoms with Crippen LogP contribution in [0.25, 0.3) is 0 Å². The molecule has 1 aromatic carbocycles. The Kier molecular flexibility index (Phi) is 7.95. The second kappa shape index (κ2) is 9.19. The highest BCUT2D eigenvalue weighted by Crippen LogP contribution is 2.30. The molecule has 0 aliphatic heterocycles. The van der Waals surface area contributed by atoms with Crippen molar-refractivity contribution in [2.45, 2.75) is 83.7 Å². The minimum atomic E-state index is -0.376. The lowest BCUT2D eigenvalue weighted by molar-refractivity contribution is 0.0884. The summed E-state index contributed by atoms with van der Waals surface area (Å²) in [5.41, 5.74) is 0.676. The molecule has 2 heteroatoms. The molecule has 0 saturated heterocycles. The summed E-state index contributed by atoms with van der Waals surface area (Å²) in [7, 11) is 0. The number of benzene rings is 1. The number of aliphatic hydroxyl groups excluding tert-OH is 1. The van der Waals surface area contributed by atoms with Crippen molar-refractivity contribution < 1.29 is 9.50 Å². The summed E-state index contributed by atoms with van der Waals surface area (Å²) in [6.45, 7) is 6.30. The van der Waals surface area contributed by atoms with Gasteiger partial charge in [-0.3, -0.25) is 0 Å². The molecule has 0 aromatic heterocycles. The van der Waals surface area contributed by atoms with Crippen LogP contribution in [0.1, 0.15) is 77.7 Å². The number of hydrogen-bond acceptors (Lipinski definition) is 1. The van der Waals surface area contributed by atoms with Crippen LogP contribution in [0, 0.1) is 5.82 Å². The molecule has 1 atom stereocenters. The fourth-order valence-corrected chi connectivity index (χ4v) is 2.73. The second-order valence-electron chi connectivity index (χ2n) is 6.65. The third-order valence-electron chi connectivity index (χ3n) is 4.50. The lowest BCUT2D eigenvalue weighted by atomic mass is 9.77. The lowest BCUT2D eigenvalue weighted by Gasteiger charge is -2.31. The van der Waals surface area contributed by atoms with Gasteiger partial charge in [0.1, 0.15) is 5.82 Å². The van der Waals surface area contributed by atoms with E-state index >= 15 is 0 Å². The van der Waals surface area contributed by atoms with Gasteiger partial charge in [-0.2, -0.15) is 0 Å². The molecular formula is C19H31FO. The van der Waals surface area contributed by atoms with Gasteiger partial charge in [0, 0.05) is 5.41 Å². The molecule has 120 valence electrons. The highest BCUT2D eigenvalue weighted by Gasteiger charge is 2.29. The molecule has 0 aliphatic rings. The summed E-state index contributed by atoms with van der Waals surface area (Å²) in [6.07, 6.45) is 9.23. The summed E-state index contributed by atoms with van der Waals surface area (Å²) in [4.78, 5) is 0. The lowest BCUT2D eigenvalue weighted by Crippen LogP contribution is -2.33. The average Bonchev–Trinajstić information content (AvgIpc) is 2.46. The van der Waals surface area contributed by atoms with Crippen LogP contribution < -0.4 is 0 Å². The Morgan fingerprint density at radius 2 is 1.48 bits per heavy atom. The highest BCUT2D eigenvalue weighted by atomic mass is 19.1. The van der Waals surface area contributed by atoms with Crippen molar-refractivity contribution >= 4 is 0 Å². The molecule has 0 aliphatic carbocycles. The first kappa shape index (κ1) is 18.2. The molecule has 1 unspecified atom stereocenters. The van der Waals surface area contributed by atoms with E-state index in [1.165, 1.54) is 50.7 Å². The Bertz CT molecular complexity index is 383. The van der Waals surface area contributed by atoms with Crippen LogP contribution in [0.5, 0.6) is 0 Å². The minimum Gasteiger partial charge on any atom is -0.392 e. The van der Waals surface area contributed by atoms with E-state index in [1.54, 1.807) is 12.1 Å². The van der Waals surface area contributed by atoms with E-state index in [4.69, 9.17) is 0 Å². The Labute approximate surface area is 129 Å². The van der Waals surface area contributed by atoms with Crippen LogP contribution in [-0.4, -0.2) is 11.2 Å². The summed E-state index contributed by atoms with van der Waals surface area (Å²) in [6, 6.07) is 6.50. The molecule has 1 rings (SSSR count). The van der Waals surface area contributed by atoms with E-state index in [0.717, 1.165) is 18.4 Å². The number of unbranched alkanes of at least 4 members (excludes halogenated alkanes) is 6. The first-order chi connectivity index (χ1) is 9.98. The minimum absolute atomic E-state index is 0.226. The van der Waals surface area contributed by atoms with Gasteiger partial charge in [0.15, 0.2) is 0 Å². The third-order valence-corrected chi connectivity index (χ3v) is 4.50. The zero-order chi connectivity index (χ0) is 15.7. The smallest absolute Gasteiger partial charge is 0.123 e. The van der Waals surface area contributed by atoms with Gasteiger partial charge in [-0.05, 0) is 24.1 Å². The quantitative estimate of drug-likeness (QED) is 0.556. The number of rotatable bonds is 10. The largest absolute Gasteiger partial charge is 0.392 e. The average molecular weight is 294 g/mol. The van der Waals surface area contributed by atoms with Crippen LogP contribution in [0.4, 0.5) is 4.39 Å². The predicted octanol–water partition coefficient (Wildman–Crippen LogP) is 5.60. The van der Waals surface area contributed by atoms with Crippen molar-refractivity contribution in [3.63, 3.8) is 0 Å². The zero-order valence-corrected chi connectivity index (χ0v) is 13.9. The van der Waals surface area contributed by atoms with Crippen molar-refractivity contribution in [1.82, 2.24) is 0 Å². The number of halogens is 1. The molecule has 1 aromatic rings. The summed E-state index contributed by atoms with van der Waals surface area (Å²) in [5.74, 6) is -0.226. The molecule has 0 bridgehead atoms. The predicted molar refractivity (Wildman–Crippen MR) is 88.0 cm³/mol. The van der Waals surface area contributed by atoms with Crippen molar-refractivity contribution in [1.29, 1.82) is 0 Å². The van der Waals surface area contributed by atoms with Gasteiger partial charge in [0.2, 0.25) is 0 Å². The van der Waals surface area contributed by atoms with Gasteiger partial charge in [-0.25, -0.2) is 4.39 Å². The Hall–Kier alpha value is -0.890. The van der Waals surface area contributed by atoms with Gasteiger partial charge in [-0.15, -0.1) is 0 Å². The van der Waals surface area contributed by atoms with Crippen molar-refractivity contribution in [3.8, 4) is 0 Å². The fourth-order valence-electron chi connectivity index (χ4n) is 2.73. The topological polar surface area (TPSA) is 20.2 Å². The normalized spacial score (nSPS) is 13.4.